The van der Waals surface area contributed by atoms with Crippen LogP contribution in [0, 0.1) is 5.82 Å². The van der Waals surface area contributed by atoms with Gasteiger partial charge in [-0.25, -0.2) is 14.4 Å². The second kappa shape index (κ2) is 5.81. The molecule has 0 aliphatic heterocycles. The number of aromatic nitrogens is 3. The first-order chi connectivity index (χ1) is 10.2. The number of nitrogen functional groups attached to an aromatic ring is 1. The Labute approximate surface area is 126 Å². The zero-order valence-corrected chi connectivity index (χ0v) is 12.7. The first-order valence-electron chi connectivity index (χ1n) is 7.02. The summed E-state index contributed by atoms with van der Waals surface area (Å²) in [6.07, 6.45) is 2.69. The maximum absolute atomic E-state index is 13.3. The van der Waals surface area contributed by atoms with Crippen LogP contribution in [-0.2, 0) is 19.4 Å². The molecule has 0 bridgehead atoms. The van der Waals surface area contributed by atoms with Gasteiger partial charge in [0.05, 0.1) is 16.7 Å². The molecule has 0 saturated carbocycles. The van der Waals surface area contributed by atoms with E-state index in [0.29, 0.717) is 5.13 Å². The fourth-order valence-electron chi connectivity index (χ4n) is 2.56. The number of halogens is 1. The minimum atomic E-state index is -0.243. The third-order valence-corrected chi connectivity index (χ3v) is 4.23. The van der Waals surface area contributed by atoms with Crippen LogP contribution in [0.3, 0.4) is 0 Å². The topological polar surface area (TPSA) is 56.7 Å². The number of nitrogens with two attached hydrogens (primary N) is 1. The normalized spacial score (nSPS) is 11.3. The molecule has 2 heterocycles. The molecule has 0 radical (unpaired) electrons. The summed E-state index contributed by atoms with van der Waals surface area (Å²) < 4.78 is 15.4. The first kappa shape index (κ1) is 14.0. The summed E-state index contributed by atoms with van der Waals surface area (Å²) in [5.41, 5.74) is 8.38. The van der Waals surface area contributed by atoms with E-state index in [1.54, 1.807) is 6.07 Å². The van der Waals surface area contributed by atoms with Crippen molar-refractivity contribution < 1.29 is 4.39 Å². The number of anilines is 1. The Morgan fingerprint density at radius 3 is 2.86 bits per heavy atom. The number of fused-ring (bicyclic) bond motifs is 1. The molecule has 21 heavy (non-hydrogen) atoms. The van der Waals surface area contributed by atoms with E-state index < -0.39 is 0 Å². The lowest BCUT2D eigenvalue weighted by molar-refractivity contribution is 0.629. The number of rotatable bonds is 5. The van der Waals surface area contributed by atoms with E-state index in [0.717, 1.165) is 48.4 Å². The van der Waals surface area contributed by atoms with Crippen LogP contribution in [0.5, 0.6) is 0 Å². The van der Waals surface area contributed by atoms with Crippen molar-refractivity contribution in [2.45, 2.75) is 32.7 Å². The zero-order valence-electron chi connectivity index (χ0n) is 11.8. The van der Waals surface area contributed by atoms with Crippen LogP contribution in [0.15, 0.2) is 23.6 Å². The second-order valence-corrected chi connectivity index (χ2v) is 5.83. The van der Waals surface area contributed by atoms with Crippen LogP contribution in [0.4, 0.5) is 9.52 Å². The molecule has 4 nitrogen and oxygen atoms in total. The standard InChI is InChI=1S/C15H17FN4S/c1-2-20-13-7-6-10(16)8-12(13)19-14(20)5-3-4-11-9-21-15(17)18-11/h6-9H,2-5H2,1H3,(H2,17,18). The Balaban J connectivity index is 1.76. The van der Waals surface area contributed by atoms with Gasteiger partial charge in [0.25, 0.3) is 0 Å². The molecule has 1 aromatic carbocycles. The summed E-state index contributed by atoms with van der Waals surface area (Å²) in [4.78, 5) is 8.82. The molecule has 0 aliphatic rings. The summed E-state index contributed by atoms with van der Waals surface area (Å²) in [6, 6.07) is 4.77. The van der Waals surface area contributed by atoms with Gasteiger partial charge in [0.1, 0.15) is 11.6 Å². The van der Waals surface area contributed by atoms with Crippen LogP contribution >= 0.6 is 11.3 Å². The van der Waals surface area contributed by atoms with Crippen molar-refractivity contribution in [1.29, 1.82) is 0 Å². The molecule has 2 aromatic heterocycles. The van der Waals surface area contributed by atoms with Gasteiger partial charge in [-0.1, -0.05) is 0 Å². The van der Waals surface area contributed by atoms with Gasteiger partial charge in [-0.3, -0.25) is 0 Å². The Morgan fingerprint density at radius 1 is 1.29 bits per heavy atom. The van der Waals surface area contributed by atoms with Crippen molar-refractivity contribution in [3.05, 3.63) is 40.9 Å². The van der Waals surface area contributed by atoms with Crippen LogP contribution in [0.25, 0.3) is 11.0 Å². The van der Waals surface area contributed by atoms with Gasteiger partial charge in [-0.05, 0) is 31.9 Å². The summed E-state index contributed by atoms with van der Waals surface area (Å²) in [5, 5.41) is 2.61. The highest BCUT2D eigenvalue weighted by atomic mass is 32.1. The summed E-state index contributed by atoms with van der Waals surface area (Å²) in [5.74, 6) is 0.758. The van der Waals surface area contributed by atoms with E-state index in [4.69, 9.17) is 5.73 Å². The predicted molar refractivity (Wildman–Crippen MR) is 83.9 cm³/mol. The molecule has 0 spiro atoms. The first-order valence-corrected chi connectivity index (χ1v) is 7.90. The fraction of sp³-hybridized carbons (Fsp3) is 0.333. The molecule has 3 aromatic rings. The molecule has 0 aliphatic carbocycles. The quantitative estimate of drug-likeness (QED) is 0.786. The van der Waals surface area contributed by atoms with Gasteiger partial charge in [-0.2, -0.15) is 0 Å². The SMILES string of the molecule is CCn1c(CCCc2csc(N)n2)nc2cc(F)ccc21. The molecule has 0 fully saturated rings. The predicted octanol–water partition coefficient (Wildman–Crippen LogP) is 3.41. The Bertz CT molecular complexity index is 762. The highest BCUT2D eigenvalue weighted by Gasteiger charge is 2.10. The van der Waals surface area contributed by atoms with Gasteiger partial charge in [0, 0.05) is 24.4 Å². The van der Waals surface area contributed by atoms with Crippen molar-refractivity contribution in [2.24, 2.45) is 0 Å². The summed E-state index contributed by atoms with van der Waals surface area (Å²) in [6.45, 7) is 2.91. The molecule has 0 unspecified atom stereocenters. The van der Waals surface area contributed by atoms with Crippen LogP contribution in [0.2, 0.25) is 0 Å². The molecule has 6 heteroatoms. The van der Waals surface area contributed by atoms with E-state index >= 15 is 0 Å². The van der Waals surface area contributed by atoms with Crippen molar-refractivity contribution in [1.82, 2.24) is 14.5 Å². The Hall–Kier alpha value is -1.95. The molecular weight excluding hydrogens is 287 g/mol. The van der Waals surface area contributed by atoms with Crippen LogP contribution in [-0.4, -0.2) is 14.5 Å². The van der Waals surface area contributed by atoms with Crippen LogP contribution < -0.4 is 5.73 Å². The third-order valence-electron chi connectivity index (χ3n) is 3.51. The molecular formula is C15H17FN4S. The number of aryl methyl sites for hydroxylation is 3. The van der Waals surface area contributed by atoms with Crippen molar-refractivity contribution in [3.63, 3.8) is 0 Å². The van der Waals surface area contributed by atoms with E-state index in [-0.39, 0.29) is 5.82 Å². The van der Waals surface area contributed by atoms with Crippen molar-refractivity contribution in [3.8, 4) is 0 Å². The van der Waals surface area contributed by atoms with Gasteiger partial charge in [0.2, 0.25) is 0 Å². The molecule has 2 N–H and O–H groups in total. The number of thiazole rings is 1. The minimum absolute atomic E-state index is 0.243. The van der Waals surface area contributed by atoms with Gasteiger partial charge in [-0.15, -0.1) is 11.3 Å². The van der Waals surface area contributed by atoms with Crippen molar-refractivity contribution in [2.75, 3.05) is 5.73 Å². The molecule has 0 amide bonds. The summed E-state index contributed by atoms with van der Waals surface area (Å²) in [7, 11) is 0. The average Bonchev–Trinajstić information content (AvgIpc) is 3.01. The number of imidazole rings is 1. The Kier molecular flexibility index (Phi) is 3.88. The Morgan fingerprint density at radius 2 is 2.14 bits per heavy atom. The van der Waals surface area contributed by atoms with Gasteiger partial charge < -0.3 is 10.3 Å². The van der Waals surface area contributed by atoms with Gasteiger partial charge >= 0.3 is 0 Å². The maximum atomic E-state index is 13.3. The summed E-state index contributed by atoms with van der Waals surface area (Å²) >= 11 is 1.47. The molecule has 0 saturated heterocycles. The molecule has 110 valence electrons. The fourth-order valence-corrected chi connectivity index (χ4v) is 3.16. The molecule has 0 atom stereocenters. The lowest BCUT2D eigenvalue weighted by Crippen LogP contribution is -2.02. The number of hydrogen-bond donors (Lipinski definition) is 1. The number of benzene rings is 1. The highest BCUT2D eigenvalue weighted by Crippen LogP contribution is 2.19. The van der Waals surface area contributed by atoms with E-state index in [2.05, 4.69) is 21.5 Å². The number of hydrogen-bond acceptors (Lipinski definition) is 4. The lowest BCUT2D eigenvalue weighted by atomic mass is 10.2. The lowest BCUT2D eigenvalue weighted by Gasteiger charge is -2.05. The van der Waals surface area contributed by atoms with Crippen molar-refractivity contribution >= 4 is 27.5 Å². The van der Waals surface area contributed by atoms with E-state index in [1.807, 2.05) is 5.38 Å². The maximum Gasteiger partial charge on any atom is 0.180 e. The van der Waals surface area contributed by atoms with E-state index in [1.165, 1.54) is 23.5 Å². The monoisotopic (exact) mass is 304 g/mol. The second-order valence-electron chi connectivity index (χ2n) is 4.94. The highest BCUT2D eigenvalue weighted by molar-refractivity contribution is 7.13. The third kappa shape index (κ3) is 2.90. The number of nitrogens with zero attached hydrogens (tertiary/aromatic N) is 3. The average molecular weight is 304 g/mol. The zero-order chi connectivity index (χ0) is 14.8. The van der Waals surface area contributed by atoms with Crippen LogP contribution in [0.1, 0.15) is 24.9 Å². The largest absolute Gasteiger partial charge is 0.375 e. The van der Waals surface area contributed by atoms with E-state index in [9.17, 15) is 4.39 Å². The minimum Gasteiger partial charge on any atom is -0.375 e. The molecule has 3 rings (SSSR count). The van der Waals surface area contributed by atoms with Gasteiger partial charge in [0.15, 0.2) is 5.13 Å². The smallest absolute Gasteiger partial charge is 0.180 e.